The molecule has 0 fully saturated rings. The van der Waals surface area contributed by atoms with E-state index in [9.17, 15) is 9.59 Å². The van der Waals surface area contributed by atoms with Gasteiger partial charge in [-0.3, -0.25) is 9.48 Å². The van der Waals surface area contributed by atoms with Crippen LogP contribution in [0.4, 0.5) is 16.2 Å². The molecule has 24 heavy (non-hydrogen) atoms. The molecule has 0 saturated heterocycles. The summed E-state index contributed by atoms with van der Waals surface area (Å²) in [6.45, 7) is 2.38. The minimum absolute atomic E-state index is 0.208. The normalized spacial score (nSPS) is 11.6. The number of hydrogen-bond acceptors (Lipinski definition) is 4. The zero-order valence-electron chi connectivity index (χ0n) is 14.0. The Balaban J connectivity index is 2.06. The van der Waals surface area contributed by atoms with Crippen molar-refractivity contribution in [1.82, 2.24) is 20.4 Å². The van der Waals surface area contributed by atoms with Gasteiger partial charge in [0.25, 0.3) is 0 Å². The summed E-state index contributed by atoms with van der Waals surface area (Å²) in [5.41, 5.74) is 1.97. The van der Waals surface area contributed by atoms with Gasteiger partial charge < -0.3 is 21.3 Å². The molecule has 2 rings (SSSR count). The lowest BCUT2D eigenvalue weighted by atomic mass is 10.1. The van der Waals surface area contributed by atoms with E-state index in [2.05, 4.69) is 26.4 Å². The average Bonchev–Trinajstić information content (AvgIpc) is 2.94. The Morgan fingerprint density at radius 1 is 1.25 bits per heavy atom. The first-order valence-electron chi connectivity index (χ1n) is 7.65. The van der Waals surface area contributed by atoms with Gasteiger partial charge in [-0.25, -0.2) is 4.79 Å². The van der Waals surface area contributed by atoms with Crippen LogP contribution in [-0.2, 0) is 11.8 Å². The molecule has 0 bridgehead atoms. The maximum absolute atomic E-state index is 12.5. The Bertz CT molecular complexity index is 712. The first-order valence-corrected chi connectivity index (χ1v) is 7.65. The lowest BCUT2D eigenvalue weighted by Gasteiger charge is -2.15. The number of nitrogens with one attached hydrogen (secondary N) is 4. The van der Waals surface area contributed by atoms with Crippen molar-refractivity contribution in [3.05, 3.63) is 42.2 Å². The van der Waals surface area contributed by atoms with E-state index in [1.165, 1.54) is 0 Å². The predicted molar refractivity (Wildman–Crippen MR) is 92.8 cm³/mol. The summed E-state index contributed by atoms with van der Waals surface area (Å²) in [4.78, 5) is 24.0. The van der Waals surface area contributed by atoms with Crippen molar-refractivity contribution in [2.24, 2.45) is 7.05 Å². The van der Waals surface area contributed by atoms with Crippen LogP contribution in [0.3, 0.4) is 0 Å². The molecular formula is C16H22N6O2. The Labute approximate surface area is 140 Å². The molecule has 1 aromatic carbocycles. The van der Waals surface area contributed by atoms with Gasteiger partial charge in [0, 0.05) is 36.7 Å². The third-order valence-electron chi connectivity index (χ3n) is 3.33. The van der Waals surface area contributed by atoms with Crippen LogP contribution in [0.25, 0.3) is 0 Å². The van der Waals surface area contributed by atoms with Crippen LogP contribution in [0.2, 0.25) is 0 Å². The van der Waals surface area contributed by atoms with E-state index >= 15 is 0 Å². The third kappa shape index (κ3) is 4.56. The van der Waals surface area contributed by atoms with Crippen LogP contribution < -0.4 is 21.3 Å². The largest absolute Gasteiger partial charge is 0.338 e. The highest BCUT2D eigenvalue weighted by Gasteiger charge is 2.20. The number of urea groups is 1. The van der Waals surface area contributed by atoms with Gasteiger partial charge >= 0.3 is 6.03 Å². The smallest absolute Gasteiger partial charge is 0.319 e. The zero-order valence-corrected chi connectivity index (χ0v) is 14.0. The second-order valence-electron chi connectivity index (χ2n) is 5.22. The highest BCUT2D eigenvalue weighted by Crippen LogP contribution is 2.18. The van der Waals surface area contributed by atoms with Crippen LogP contribution in [0.5, 0.6) is 0 Å². The number of amides is 3. The summed E-state index contributed by atoms with van der Waals surface area (Å²) >= 11 is 0. The van der Waals surface area contributed by atoms with E-state index in [0.29, 0.717) is 17.9 Å². The van der Waals surface area contributed by atoms with Crippen molar-refractivity contribution < 1.29 is 9.59 Å². The number of likely N-dealkylation sites (N-methyl/N-ethyl adjacent to an activating group) is 1. The fourth-order valence-electron chi connectivity index (χ4n) is 2.26. The third-order valence-corrected chi connectivity index (χ3v) is 3.33. The van der Waals surface area contributed by atoms with Crippen molar-refractivity contribution in [2.45, 2.75) is 13.0 Å². The molecule has 1 aromatic heterocycles. The fourth-order valence-corrected chi connectivity index (χ4v) is 2.26. The van der Waals surface area contributed by atoms with Crippen LogP contribution in [0.15, 0.2) is 36.7 Å². The summed E-state index contributed by atoms with van der Waals surface area (Å²) in [7, 11) is 3.51. The molecule has 0 spiro atoms. The number of anilines is 2. The molecule has 8 nitrogen and oxygen atoms in total. The van der Waals surface area contributed by atoms with Gasteiger partial charge in [-0.05, 0) is 32.2 Å². The SMILES string of the molecule is CCNC(=O)Nc1cccc(NC(=O)C(NC)c2cnn(C)c2)c1. The van der Waals surface area contributed by atoms with Gasteiger partial charge in [-0.2, -0.15) is 5.10 Å². The molecule has 0 aliphatic heterocycles. The van der Waals surface area contributed by atoms with E-state index in [4.69, 9.17) is 0 Å². The lowest BCUT2D eigenvalue weighted by Crippen LogP contribution is -2.30. The van der Waals surface area contributed by atoms with Gasteiger partial charge in [-0.1, -0.05) is 6.07 Å². The molecule has 1 atom stereocenters. The van der Waals surface area contributed by atoms with E-state index in [-0.39, 0.29) is 11.9 Å². The highest BCUT2D eigenvalue weighted by molar-refractivity contribution is 5.96. The van der Waals surface area contributed by atoms with Gasteiger partial charge in [0.2, 0.25) is 5.91 Å². The van der Waals surface area contributed by atoms with E-state index < -0.39 is 6.04 Å². The Morgan fingerprint density at radius 2 is 1.96 bits per heavy atom. The Kier molecular flexibility index (Phi) is 5.91. The summed E-state index contributed by atoms with van der Waals surface area (Å²) in [6, 6.07) is 6.17. The van der Waals surface area contributed by atoms with Crippen molar-refractivity contribution in [3.8, 4) is 0 Å². The number of benzene rings is 1. The maximum atomic E-state index is 12.5. The first-order chi connectivity index (χ1) is 11.5. The first kappa shape index (κ1) is 17.5. The molecule has 4 N–H and O–H groups in total. The molecule has 3 amide bonds. The molecule has 0 aliphatic carbocycles. The summed E-state index contributed by atoms with van der Waals surface area (Å²) in [6.07, 6.45) is 3.43. The molecule has 128 valence electrons. The molecule has 1 unspecified atom stereocenters. The number of rotatable bonds is 6. The molecular weight excluding hydrogens is 308 g/mol. The van der Waals surface area contributed by atoms with Crippen LogP contribution in [-0.4, -0.2) is 35.3 Å². The predicted octanol–water partition coefficient (Wildman–Crippen LogP) is 1.46. The number of carbonyl (C=O) groups is 2. The average molecular weight is 330 g/mol. The molecule has 0 aliphatic rings. The van der Waals surface area contributed by atoms with Crippen LogP contribution in [0, 0.1) is 0 Å². The molecule has 0 radical (unpaired) electrons. The second kappa shape index (κ2) is 8.11. The Hall–Kier alpha value is -2.87. The molecule has 8 heteroatoms. The van der Waals surface area contributed by atoms with Crippen LogP contribution in [0.1, 0.15) is 18.5 Å². The highest BCUT2D eigenvalue weighted by atomic mass is 16.2. The quantitative estimate of drug-likeness (QED) is 0.644. The van der Waals surface area contributed by atoms with E-state index in [1.807, 2.05) is 6.92 Å². The summed E-state index contributed by atoms with van der Waals surface area (Å²) in [5.74, 6) is -0.208. The van der Waals surface area contributed by atoms with Gasteiger partial charge in [0.05, 0.1) is 6.20 Å². The van der Waals surface area contributed by atoms with Crippen molar-refractivity contribution >= 4 is 23.3 Å². The van der Waals surface area contributed by atoms with Gasteiger partial charge in [0.15, 0.2) is 0 Å². The van der Waals surface area contributed by atoms with Crippen molar-refractivity contribution in [3.63, 3.8) is 0 Å². The molecule has 2 aromatic rings. The fraction of sp³-hybridized carbons (Fsp3) is 0.312. The lowest BCUT2D eigenvalue weighted by molar-refractivity contribution is -0.118. The summed E-state index contributed by atoms with van der Waals surface area (Å²) < 4.78 is 1.64. The van der Waals surface area contributed by atoms with Crippen LogP contribution >= 0.6 is 0 Å². The number of aryl methyl sites for hydroxylation is 1. The van der Waals surface area contributed by atoms with Gasteiger partial charge in [0.1, 0.15) is 6.04 Å². The Morgan fingerprint density at radius 3 is 2.54 bits per heavy atom. The van der Waals surface area contributed by atoms with Crippen molar-refractivity contribution in [1.29, 1.82) is 0 Å². The molecule has 0 saturated carbocycles. The minimum Gasteiger partial charge on any atom is -0.338 e. The monoisotopic (exact) mass is 330 g/mol. The second-order valence-corrected chi connectivity index (χ2v) is 5.22. The van der Waals surface area contributed by atoms with Crippen molar-refractivity contribution in [2.75, 3.05) is 24.2 Å². The molecule has 1 heterocycles. The number of nitrogens with zero attached hydrogens (tertiary/aromatic N) is 2. The van der Waals surface area contributed by atoms with Gasteiger partial charge in [-0.15, -0.1) is 0 Å². The number of hydrogen-bond donors (Lipinski definition) is 4. The number of carbonyl (C=O) groups excluding carboxylic acids is 2. The van der Waals surface area contributed by atoms with E-state index in [1.54, 1.807) is 55.4 Å². The minimum atomic E-state index is -0.515. The topological polar surface area (TPSA) is 100 Å². The number of aromatic nitrogens is 2. The maximum Gasteiger partial charge on any atom is 0.319 e. The summed E-state index contributed by atoms with van der Waals surface area (Å²) in [5, 5.41) is 15.2. The standard InChI is InChI=1S/C16H22N6O2/c1-4-18-16(24)21-13-7-5-6-12(8-13)20-15(23)14(17-2)11-9-19-22(3)10-11/h5-10,14,17H,4H2,1-3H3,(H,20,23)(H2,18,21,24). The zero-order chi connectivity index (χ0) is 17.5. The van der Waals surface area contributed by atoms with E-state index in [0.717, 1.165) is 5.56 Å².